The Morgan fingerprint density at radius 3 is 2.79 bits per heavy atom. The molecule has 2 heterocycles. The van der Waals surface area contributed by atoms with E-state index in [4.69, 9.17) is 9.84 Å². The molecular formula is C18H27IN4O. The molecule has 1 aliphatic rings. The first-order chi connectivity index (χ1) is 11.5. The Morgan fingerprint density at radius 2 is 2.08 bits per heavy atom. The van der Waals surface area contributed by atoms with Crippen LogP contribution in [0.1, 0.15) is 31.2 Å². The molecule has 0 radical (unpaired) electrons. The van der Waals surface area contributed by atoms with Crippen molar-refractivity contribution in [2.45, 2.75) is 32.0 Å². The number of hydrogen-bond donors (Lipinski definition) is 0. The van der Waals surface area contributed by atoms with Crippen LogP contribution in [-0.2, 0) is 11.3 Å². The summed E-state index contributed by atoms with van der Waals surface area (Å²) in [5.74, 6) is 0. The minimum atomic E-state index is 0.0853. The van der Waals surface area contributed by atoms with Crippen LogP contribution in [-0.4, -0.2) is 60.4 Å². The van der Waals surface area contributed by atoms with Crippen LogP contribution >= 0.6 is 22.6 Å². The highest BCUT2D eigenvalue weighted by atomic mass is 127. The largest absolute Gasteiger partial charge is 0.356 e. The zero-order chi connectivity index (χ0) is 17.1. The molecule has 0 amide bonds. The van der Waals surface area contributed by atoms with Crippen molar-refractivity contribution in [1.82, 2.24) is 19.6 Å². The first-order valence-electron chi connectivity index (χ1n) is 8.66. The Morgan fingerprint density at radius 1 is 1.25 bits per heavy atom. The van der Waals surface area contributed by atoms with Crippen LogP contribution in [0.15, 0.2) is 18.2 Å². The van der Waals surface area contributed by atoms with E-state index in [-0.39, 0.29) is 6.23 Å². The zero-order valence-electron chi connectivity index (χ0n) is 14.8. The lowest BCUT2D eigenvalue weighted by atomic mass is 10.1. The standard InChI is InChI=1S/C18H27IN4O/c1-21(2)9-10-22(3)13-16-15-12-14(19)7-8-17(15)23(20-16)18-6-4-5-11-24-18/h7-8,12,18H,4-6,9-11,13H2,1-3H3. The molecule has 1 aromatic heterocycles. The van der Waals surface area contributed by atoms with Gasteiger partial charge >= 0.3 is 0 Å². The van der Waals surface area contributed by atoms with E-state index in [1.807, 2.05) is 0 Å². The van der Waals surface area contributed by atoms with Gasteiger partial charge in [0.2, 0.25) is 0 Å². The fourth-order valence-corrected chi connectivity index (χ4v) is 3.63. The molecule has 1 saturated heterocycles. The molecule has 1 aromatic carbocycles. The Bertz CT molecular complexity index is 679. The van der Waals surface area contributed by atoms with E-state index in [1.165, 1.54) is 20.9 Å². The number of benzene rings is 1. The van der Waals surface area contributed by atoms with Gasteiger partial charge in [0, 0.05) is 35.2 Å². The van der Waals surface area contributed by atoms with E-state index in [0.717, 1.165) is 44.8 Å². The second-order valence-corrected chi connectivity index (χ2v) is 8.16. The molecule has 0 N–H and O–H groups in total. The highest BCUT2D eigenvalue weighted by molar-refractivity contribution is 14.1. The lowest BCUT2D eigenvalue weighted by Crippen LogP contribution is -2.28. The molecule has 0 saturated carbocycles. The van der Waals surface area contributed by atoms with Gasteiger partial charge in [0.25, 0.3) is 0 Å². The molecule has 24 heavy (non-hydrogen) atoms. The summed E-state index contributed by atoms with van der Waals surface area (Å²) in [7, 11) is 6.39. The van der Waals surface area contributed by atoms with Gasteiger partial charge in [-0.15, -0.1) is 0 Å². The average molecular weight is 442 g/mol. The summed E-state index contributed by atoms with van der Waals surface area (Å²) in [6.45, 7) is 3.79. The molecule has 5 nitrogen and oxygen atoms in total. The summed E-state index contributed by atoms with van der Waals surface area (Å²) in [6, 6.07) is 6.59. The molecule has 0 bridgehead atoms. The molecule has 1 aliphatic heterocycles. The number of nitrogens with zero attached hydrogens (tertiary/aromatic N) is 4. The maximum Gasteiger partial charge on any atom is 0.150 e. The van der Waals surface area contributed by atoms with E-state index in [2.05, 4.69) is 76.4 Å². The topological polar surface area (TPSA) is 33.5 Å². The third-order valence-electron chi connectivity index (χ3n) is 4.52. The first kappa shape index (κ1) is 18.1. The molecule has 2 aromatic rings. The summed E-state index contributed by atoms with van der Waals surface area (Å²) in [5.41, 5.74) is 2.34. The second kappa shape index (κ2) is 8.12. The number of rotatable bonds is 6. The SMILES string of the molecule is CN(C)CCN(C)Cc1nn(C2CCCCO2)c2ccc(I)cc12. The number of likely N-dealkylation sites (N-methyl/N-ethyl adjacent to an activating group) is 2. The van der Waals surface area contributed by atoms with Crippen molar-refractivity contribution in [3.63, 3.8) is 0 Å². The van der Waals surface area contributed by atoms with Crippen LogP contribution in [0, 0.1) is 3.57 Å². The van der Waals surface area contributed by atoms with Gasteiger partial charge in [0.05, 0.1) is 11.2 Å². The maximum atomic E-state index is 5.98. The van der Waals surface area contributed by atoms with E-state index in [0.29, 0.717) is 0 Å². The Hall–Kier alpha value is -0.700. The molecule has 3 rings (SSSR count). The lowest BCUT2D eigenvalue weighted by molar-refractivity contribution is -0.0369. The summed E-state index contributed by atoms with van der Waals surface area (Å²) < 4.78 is 9.34. The third-order valence-corrected chi connectivity index (χ3v) is 5.19. The van der Waals surface area contributed by atoms with Gasteiger partial charge in [0.1, 0.15) is 0 Å². The second-order valence-electron chi connectivity index (χ2n) is 6.92. The summed E-state index contributed by atoms with van der Waals surface area (Å²) >= 11 is 2.38. The fourth-order valence-electron chi connectivity index (χ4n) is 3.14. The van der Waals surface area contributed by atoms with Crippen molar-refractivity contribution in [1.29, 1.82) is 0 Å². The van der Waals surface area contributed by atoms with E-state index < -0.39 is 0 Å². The minimum Gasteiger partial charge on any atom is -0.356 e. The number of hydrogen-bond acceptors (Lipinski definition) is 4. The maximum absolute atomic E-state index is 5.98. The van der Waals surface area contributed by atoms with Crippen LogP contribution < -0.4 is 0 Å². The van der Waals surface area contributed by atoms with Gasteiger partial charge in [-0.2, -0.15) is 5.10 Å². The predicted octanol–water partition coefficient (Wildman–Crippen LogP) is 3.33. The lowest BCUT2D eigenvalue weighted by Gasteiger charge is -2.23. The highest BCUT2D eigenvalue weighted by Crippen LogP contribution is 2.29. The van der Waals surface area contributed by atoms with Gasteiger partial charge in [-0.1, -0.05) is 0 Å². The van der Waals surface area contributed by atoms with Crippen LogP contribution in [0.4, 0.5) is 0 Å². The molecular weight excluding hydrogens is 415 g/mol. The van der Waals surface area contributed by atoms with Crippen molar-refractivity contribution < 1.29 is 4.74 Å². The predicted molar refractivity (Wildman–Crippen MR) is 106 cm³/mol. The van der Waals surface area contributed by atoms with Gasteiger partial charge in [-0.05, 0) is 81.2 Å². The fraction of sp³-hybridized carbons (Fsp3) is 0.611. The summed E-state index contributed by atoms with van der Waals surface area (Å²) in [5, 5.41) is 6.21. The Labute approximate surface area is 158 Å². The van der Waals surface area contributed by atoms with Crippen molar-refractivity contribution in [3.05, 3.63) is 27.5 Å². The van der Waals surface area contributed by atoms with E-state index in [9.17, 15) is 0 Å². The normalized spacial score (nSPS) is 18.8. The number of ether oxygens (including phenoxy) is 1. The van der Waals surface area contributed by atoms with Gasteiger partial charge in [-0.3, -0.25) is 4.90 Å². The monoisotopic (exact) mass is 442 g/mol. The molecule has 0 aliphatic carbocycles. The van der Waals surface area contributed by atoms with Crippen LogP contribution in [0.5, 0.6) is 0 Å². The van der Waals surface area contributed by atoms with Crippen molar-refractivity contribution >= 4 is 33.5 Å². The van der Waals surface area contributed by atoms with Crippen LogP contribution in [0.2, 0.25) is 0 Å². The first-order valence-corrected chi connectivity index (χ1v) is 9.74. The number of fused-ring (bicyclic) bond motifs is 1. The zero-order valence-corrected chi connectivity index (χ0v) is 17.0. The van der Waals surface area contributed by atoms with E-state index >= 15 is 0 Å². The van der Waals surface area contributed by atoms with Gasteiger partial charge < -0.3 is 9.64 Å². The number of aromatic nitrogens is 2. The molecule has 1 fully saturated rings. The Kier molecular flexibility index (Phi) is 6.12. The summed E-state index contributed by atoms with van der Waals surface area (Å²) in [6.07, 6.45) is 3.52. The molecule has 1 atom stereocenters. The van der Waals surface area contributed by atoms with Gasteiger partial charge in [-0.25, -0.2) is 4.68 Å². The van der Waals surface area contributed by atoms with Crippen LogP contribution in [0.25, 0.3) is 10.9 Å². The van der Waals surface area contributed by atoms with Crippen molar-refractivity contribution in [3.8, 4) is 0 Å². The molecule has 132 valence electrons. The quantitative estimate of drug-likeness (QED) is 0.643. The minimum absolute atomic E-state index is 0.0853. The van der Waals surface area contributed by atoms with Crippen molar-refractivity contribution in [2.24, 2.45) is 0 Å². The smallest absolute Gasteiger partial charge is 0.150 e. The molecule has 0 spiro atoms. The number of halogens is 1. The molecule has 6 heteroatoms. The Balaban J connectivity index is 1.87. The van der Waals surface area contributed by atoms with Gasteiger partial charge in [0.15, 0.2) is 6.23 Å². The summed E-state index contributed by atoms with van der Waals surface area (Å²) in [4.78, 5) is 4.56. The van der Waals surface area contributed by atoms with E-state index in [1.54, 1.807) is 0 Å². The van der Waals surface area contributed by atoms with Crippen molar-refractivity contribution in [2.75, 3.05) is 40.8 Å². The average Bonchev–Trinajstić information content (AvgIpc) is 2.91. The van der Waals surface area contributed by atoms with Crippen LogP contribution in [0.3, 0.4) is 0 Å². The third kappa shape index (κ3) is 4.28. The molecule has 1 unspecified atom stereocenters. The highest BCUT2D eigenvalue weighted by Gasteiger charge is 2.21.